The van der Waals surface area contributed by atoms with Crippen LogP contribution in [0.4, 0.5) is 5.69 Å². The van der Waals surface area contributed by atoms with Crippen LogP contribution in [-0.2, 0) is 4.79 Å². The first kappa shape index (κ1) is 11.6. The second kappa shape index (κ2) is 4.55. The first-order valence-electron chi connectivity index (χ1n) is 5.42. The predicted molar refractivity (Wildman–Crippen MR) is 68.4 cm³/mol. The molecular formula is C12H15BrN2O. The Balaban J connectivity index is 2.29. The average molecular weight is 283 g/mol. The van der Waals surface area contributed by atoms with Crippen molar-refractivity contribution < 1.29 is 4.79 Å². The van der Waals surface area contributed by atoms with Crippen LogP contribution in [-0.4, -0.2) is 18.5 Å². The standard InChI is InChI=1S/C12H15BrN2O/c1-8-4-5-9(7-10(8)13)15-6-2-3-11(14)12(15)16/h4-5,7,11H,2-3,6,14H2,1H3. The number of piperidine rings is 1. The fourth-order valence-electron chi connectivity index (χ4n) is 1.91. The van der Waals surface area contributed by atoms with Crippen molar-refractivity contribution in [3.63, 3.8) is 0 Å². The maximum absolute atomic E-state index is 11.9. The molecule has 1 aliphatic heterocycles. The summed E-state index contributed by atoms with van der Waals surface area (Å²) >= 11 is 3.48. The van der Waals surface area contributed by atoms with Gasteiger partial charge in [0.25, 0.3) is 0 Å². The van der Waals surface area contributed by atoms with Gasteiger partial charge < -0.3 is 10.6 Å². The summed E-state index contributed by atoms with van der Waals surface area (Å²) < 4.78 is 1.02. The van der Waals surface area contributed by atoms with Gasteiger partial charge in [-0.1, -0.05) is 22.0 Å². The van der Waals surface area contributed by atoms with E-state index >= 15 is 0 Å². The number of carbonyl (C=O) groups is 1. The largest absolute Gasteiger partial charge is 0.320 e. The van der Waals surface area contributed by atoms with Crippen LogP contribution in [0.15, 0.2) is 22.7 Å². The van der Waals surface area contributed by atoms with Crippen LogP contribution in [0.2, 0.25) is 0 Å². The van der Waals surface area contributed by atoms with Gasteiger partial charge in [-0.2, -0.15) is 0 Å². The molecule has 16 heavy (non-hydrogen) atoms. The molecule has 1 aromatic rings. The summed E-state index contributed by atoms with van der Waals surface area (Å²) in [6, 6.07) is 5.61. The van der Waals surface area contributed by atoms with Crippen LogP contribution >= 0.6 is 15.9 Å². The van der Waals surface area contributed by atoms with Crippen LogP contribution in [0.1, 0.15) is 18.4 Å². The fourth-order valence-corrected chi connectivity index (χ4v) is 2.28. The minimum Gasteiger partial charge on any atom is -0.320 e. The highest BCUT2D eigenvalue weighted by Crippen LogP contribution is 2.26. The number of rotatable bonds is 1. The molecule has 0 spiro atoms. The Morgan fingerprint density at radius 2 is 2.25 bits per heavy atom. The zero-order valence-electron chi connectivity index (χ0n) is 9.24. The molecule has 3 nitrogen and oxygen atoms in total. The Labute approximate surface area is 104 Å². The van der Waals surface area contributed by atoms with Crippen LogP contribution in [0.3, 0.4) is 0 Å². The molecular weight excluding hydrogens is 268 g/mol. The minimum absolute atomic E-state index is 0.0296. The minimum atomic E-state index is -0.339. The molecule has 2 N–H and O–H groups in total. The lowest BCUT2D eigenvalue weighted by atomic mass is 10.0. The lowest BCUT2D eigenvalue weighted by Crippen LogP contribution is -2.48. The van der Waals surface area contributed by atoms with Gasteiger partial charge in [0.05, 0.1) is 6.04 Å². The Morgan fingerprint density at radius 3 is 2.94 bits per heavy atom. The molecule has 0 radical (unpaired) electrons. The van der Waals surface area contributed by atoms with E-state index in [2.05, 4.69) is 15.9 Å². The molecule has 1 fully saturated rings. The first-order valence-corrected chi connectivity index (χ1v) is 6.22. The molecule has 0 bridgehead atoms. The molecule has 1 saturated heterocycles. The van der Waals surface area contributed by atoms with Crippen molar-refractivity contribution in [1.29, 1.82) is 0 Å². The molecule has 1 aliphatic rings. The van der Waals surface area contributed by atoms with E-state index in [-0.39, 0.29) is 11.9 Å². The Hall–Kier alpha value is -0.870. The number of halogens is 1. The van der Waals surface area contributed by atoms with Gasteiger partial charge in [-0.3, -0.25) is 4.79 Å². The van der Waals surface area contributed by atoms with E-state index in [0.29, 0.717) is 0 Å². The van der Waals surface area contributed by atoms with Gasteiger partial charge in [0, 0.05) is 16.7 Å². The quantitative estimate of drug-likeness (QED) is 0.859. The summed E-state index contributed by atoms with van der Waals surface area (Å²) in [6.07, 6.45) is 1.76. The van der Waals surface area contributed by atoms with Crippen LogP contribution in [0.5, 0.6) is 0 Å². The smallest absolute Gasteiger partial charge is 0.243 e. The zero-order valence-corrected chi connectivity index (χ0v) is 10.8. The van der Waals surface area contributed by atoms with Gasteiger partial charge in [0.15, 0.2) is 0 Å². The SMILES string of the molecule is Cc1ccc(N2CCCC(N)C2=O)cc1Br. The average Bonchev–Trinajstić information content (AvgIpc) is 2.26. The number of aryl methyl sites for hydroxylation is 1. The fraction of sp³-hybridized carbons (Fsp3) is 0.417. The van der Waals surface area contributed by atoms with E-state index in [1.165, 1.54) is 0 Å². The molecule has 0 aromatic heterocycles. The highest BCUT2D eigenvalue weighted by molar-refractivity contribution is 9.10. The molecule has 1 amide bonds. The van der Waals surface area contributed by atoms with Gasteiger partial charge in [-0.05, 0) is 37.5 Å². The number of benzene rings is 1. The van der Waals surface area contributed by atoms with E-state index in [4.69, 9.17) is 5.73 Å². The first-order chi connectivity index (χ1) is 7.59. The molecule has 0 saturated carbocycles. The monoisotopic (exact) mass is 282 g/mol. The van der Waals surface area contributed by atoms with Crippen LogP contribution < -0.4 is 10.6 Å². The van der Waals surface area contributed by atoms with Gasteiger partial charge >= 0.3 is 0 Å². The number of anilines is 1. The Bertz CT molecular complexity index is 419. The van der Waals surface area contributed by atoms with Crippen molar-refractivity contribution in [2.24, 2.45) is 5.73 Å². The van der Waals surface area contributed by atoms with Crippen LogP contribution in [0, 0.1) is 6.92 Å². The maximum Gasteiger partial charge on any atom is 0.243 e. The third-order valence-corrected chi connectivity index (χ3v) is 3.80. The van der Waals surface area contributed by atoms with E-state index in [9.17, 15) is 4.79 Å². The molecule has 1 atom stereocenters. The zero-order chi connectivity index (χ0) is 11.7. The van der Waals surface area contributed by atoms with Crippen molar-refractivity contribution in [3.8, 4) is 0 Å². The summed E-state index contributed by atoms with van der Waals surface area (Å²) in [5.41, 5.74) is 7.86. The second-order valence-corrected chi connectivity index (χ2v) is 5.03. The summed E-state index contributed by atoms with van der Waals surface area (Å²) in [4.78, 5) is 13.7. The third kappa shape index (κ3) is 2.13. The van der Waals surface area contributed by atoms with Crippen molar-refractivity contribution in [3.05, 3.63) is 28.2 Å². The molecule has 1 aromatic carbocycles. The van der Waals surface area contributed by atoms with Crippen molar-refractivity contribution >= 4 is 27.5 Å². The summed E-state index contributed by atoms with van der Waals surface area (Å²) in [5, 5.41) is 0. The topological polar surface area (TPSA) is 46.3 Å². The van der Waals surface area contributed by atoms with E-state index in [1.807, 2.05) is 25.1 Å². The highest BCUT2D eigenvalue weighted by Gasteiger charge is 2.26. The summed E-state index contributed by atoms with van der Waals surface area (Å²) in [5.74, 6) is 0.0296. The van der Waals surface area contributed by atoms with Gasteiger partial charge in [-0.15, -0.1) is 0 Å². The number of nitrogens with two attached hydrogens (primary N) is 1. The lowest BCUT2D eigenvalue weighted by molar-refractivity contribution is -0.120. The second-order valence-electron chi connectivity index (χ2n) is 4.17. The third-order valence-electron chi connectivity index (χ3n) is 2.95. The number of hydrogen-bond acceptors (Lipinski definition) is 2. The van der Waals surface area contributed by atoms with E-state index < -0.39 is 0 Å². The van der Waals surface area contributed by atoms with Crippen LogP contribution in [0.25, 0.3) is 0 Å². The molecule has 1 heterocycles. The lowest BCUT2D eigenvalue weighted by Gasteiger charge is -2.30. The van der Waals surface area contributed by atoms with Crippen molar-refractivity contribution in [2.45, 2.75) is 25.8 Å². The normalized spacial score (nSPS) is 21.3. The molecule has 4 heteroatoms. The molecule has 2 rings (SSSR count). The van der Waals surface area contributed by atoms with E-state index in [0.717, 1.165) is 35.1 Å². The van der Waals surface area contributed by atoms with Gasteiger partial charge in [-0.25, -0.2) is 0 Å². The molecule has 1 unspecified atom stereocenters. The van der Waals surface area contributed by atoms with Crippen molar-refractivity contribution in [1.82, 2.24) is 0 Å². The molecule has 0 aliphatic carbocycles. The maximum atomic E-state index is 11.9. The molecule has 86 valence electrons. The number of nitrogens with zero attached hydrogens (tertiary/aromatic N) is 1. The Morgan fingerprint density at radius 1 is 1.50 bits per heavy atom. The van der Waals surface area contributed by atoms with Gasteiger partial charge in [0.1, 0.15) is 0 Å². The summed E-state index contributed by atoms with van der Waals surface area (Å²) in [6.45, 7) is 2.79. The predicted octanol–water partition coefficient (Wildman–Crippen LogP) is 2.21. The van der Waals surface area contributed by atoms with Gasteiger partial charge in [0.2, 0.25) is 5.91 Å². The Kier molecular flexibility index (Phi) is 3.30. The van der Waals surface area contributed by atoms with E-state index in [1.54, 1.807) is 4.90 Å². The summed E-state index contributed by atoms with van der Waals surface area (Å²) in [7, 11) is 0. The number of carbonyl (C=O) groups excluding carboxylic acids is 1. The number of hydrogen-bond donors (Lipinski definition) is 1. The highest BCUT2D eigenvalue weighted by atomic mass is 79.9. The number of amides is 1. The van der Waals surface area contributed by atoms with Crippen molar-refractivity contribution in [2.75, 3.05) is 11.4 Å².